The van der Waals surface area contributed by atoms with E-state index in [2.05, 4.69) is 4.90 Å². The lowest BCUT2D eigenvalue weighted by Gasteiger charge is -2.17. The Bertz CT molecular complexity index is 155. The van der Waals surface area contributed by atoms with Crippen LogP contribution >= 0.6 is 0 Å². The lowest BCUT2D eigenvalue weighted by Crippen LogP contribution is -2.26. The van der Waals surface area contributed by atoms with Crippen LogP contribution in [0.2, 0.25) is 0 Å². The number of hydrogen-bond acceptors (Lipinski definition) is 1. The van der Waals surface area contributed by atoms with Crippen molar-refractivity contribution < 1.29 is 0 Å². The Kier molecular flexibility index (Phi) is 1.84. The molecular weight excluding hydrogens is 136 g/mol. The fraction of sp³-hybridized carbons (Fsp3) is 0.889. The molecule has 1 N–H and O–H groups in total. The molecule has 0 radical (unpaired) electrons. The minimum atomic E-state index is 0.878. The predicted molar refractivity (Wildman–Crippen MR) is 45.9 cm³/mol. The monoisotopic (exact) mass is 152 g/mol. The van der Waals surface area contributed by atoms with Gasteiger partial charge in [0.25, 0.3) is 0 Å². The normalized spacial score (nSPS) is 24.2. The molecule has 62 valence electrons. The van der Waals surface area contributed by atoms with Crippen molar-refractivity contribution in [3.8, 4) is 0 Å². The van der Waals surface area contributed by atoms with Gasteiger partial charge in [-0.3, -0.25) is 5.41 Å². The van der Waals surface area contributed by atoms with E-state index in [1.165, 1.54) is 25.7 Å². The summed E-state index contributed by atoms with van der Waals surface area (Å²) in [6, 6.07) is 0. The van der Waals surface area contributed by atoms with Crippen molar-refractivity contribution in [1.29, 1.82) is 5.41 Å². The van der Waals surface area contributed by atoms with Crippen LogP contribution in [-0.2, 0) is 0 Å². The van der Waals surface area contributed by atoms with Gasteiger partial charge in [-0.05, 0) is 31.6 Å². The van der Waals surface area contributed by atoms with Gasteiger partial charge in [0.15, 0.2) is 0 Å². The number of nitrogens with zero attached hydrogens (tertiary/aromatic N) is 1. The van der Waals surface area contributed by atoms with Gasteiger partial charge in [-0.25, -0.2) is 0 Å². The Morgan fingerprint density at radius 3 is 2.45 bits per heavy atom. The maximum absolute atomic E-state index is 7.78. The van der Waals surface area contributed by atoms with Crippen molar-refractivity contribution in [2.75, 3.05) is 13.1 Å². The highest BCUT2D eigenvalue weighted by Crippen LogP contribution is 2.33. The minimum absolute atomic E-state index is 0.878. The second-order valence-electron chi connectivity index (χ2n) is 3.79. The van der Waals surface area contributed by atoms with Crippen LogP contribution in [0.3, 0.4) is 0 Å². The van der Waals surface area contributed by atoms with Crippen molar-refractivity contribution in [3.05, 3.63) is 0 Å². The molecule has 0 bridgehead atoms. The molecule has 0 atom stereocenters. The van der Waals surface area contributed by atoms with Crippen molar-refractivity contribution in [2.24, 2.45) is 5.92 Å². The largest absolute Gasteiger partial charge is 0.361 e. The quantitative estimate of drug-likeness (QED) is 0.474. The van der Waals surface area contributed by atoms with Crippen LogP contribution in [0.4, 0.5) is 0 Å². The summed E-state index contributed by atoms with van der Waals surface area (Å²) in [5.74, 6) is 1.79. The van der Waals surface area contributed by atoms with Gasteiger partial charge in [-0.2, -0.15) is 0 Å². The van der Waals surface area contributed by atoms with Crippen LogP contribution in [0, 0.1) is 11.3 Å². The van der Waals surface area contributed by atoms with E-state index in [0.717, 1.165) is 31.3 Å². The standard InChI is InChI=1S/C9H16N2/c10-9(7-8-3-4-8)11-5-1-2-6-11/h8,10H,1-7H2. The highest BCUT2D eigenvalue weighted by atomic mass is 15.2. The highest BCUT2D eigenvalue weighted by Gasteiger charge is 2.25. The number of hydrogen-bond donors (Lipinski definition) is 1. The zero-order chi connectivity index (χ0) is 7.68. The van der Waals surface area contributed by atoms with E-state index in [9.17, 15) is 0 Å². The van der Waals surface area contributed by atoms with E-state index >= 15 is 0 Å². The molecule has 0 amide bonds. The molecular formula is C9H16N2. The summed E-state index contributed by atoms with van der Waals surface area (Å²) in [6.45, 7) is 2.29. The van der Waals surface area contributed by atoms with Crippen LogP contribution < -0.4 is 0 Å². The van der Waals surface area contributed by atoms with Crippen molar-refractivity contribution in [2.45, 2.75) is 32.1 Å². The molecule has 0 aromatic rings. The summed E-state index contributed by atoms with van der Waals surface area (Å²) in [6.07, 6.45) is 6.40. The lowest BCUT2D eigenvalue weighted by molar-refractivity contribution is 0.497. The van der Waals surface area contributed by atoms with Gasteiger partial charge in [-0.15, -0.1) is 0 Å². The van der Waals surface area contributed by atoms with Crippen molar-refractivity contribution in [1.82, 2.24) is 4.90 Å². The molecule has 1 aliphatic carbocycles. The average molecular weight is 152 g/mol. The van der Waals surface area contributed by atoms with Crippen LogP contribution in [0.25, 0.3) is 0 Å². The van der Waals surface area contributed by atoms with E-state index in [-0.39, 0.29) is 0 Å². The molecule has 2 fully saturated rings. The van der Waals surface area contributed by atoms with Crippen molar-refractivity contribution >= 4 is 5.84 Å². The van der Waals surface area contributed by atoms with E-state index in [0.29, 0.717) is 0 Å². The van der Waals surface area contributed by atoms with Gasteiger partial charge in [0.2, 0.25) is 0 Å². The summed E-state index contributed by atoms with van der Waals surface area (Å²) < 4.78 is 0. The SMILES string of the molecule is N=C(CC1CC1)N1CCCC1. The van der Waals surface area contributed by atoms with Gasteiger partial charge >= 0.3 is 0 Å². The molecule has 2 heteroatoms. The van der Waals surface area contributed by atoms with Crippen LogP contribution in [0.5, 0.6) is 0 Å². The van der Waals surface area contributed by atoms with E-state index in [4.69, 9.17) is 5.41 Å². The first-order chi connectivity index (χ1) is 5.36. The Hall–Kier alpha value is -0.530. The summed E-state index contributed by atoms with van der Waals surface area (Å²) in [4.78, 5) is 2.25. The van der Waals surface area contributed by atoms with Gasteiger partial charge in [0.1, 0.15) is 0 Å². The molecule has 0 aromatic carbocycles. The number of rotatable bonds is 2. The lowest BCUT2D eigenvalue weighted by atomic mass is 10.2. The van der Waals surface area contributed by atoms with Crippen LogP contribution in [0.1, 0.15) is 32.1 Å². The fourth-order valence-corrected chi connectivity index (χ4v) is 1.71. The summed E-state index contributed by atoms with van der Waals surface area (Å²) in [7, 11) is 0. The second kappa shape index (κ2) is 2.84. The van der Waals surface area contributed by atoms with Crippen molar-refractivity contribution in [3.63, 3.8) is 0 Å². The van der Waals surface area contributed by atoms with Gasteiger partial charge < -0.3 is 4.90 Å². The molecule has 0 spiro atoms. The number of nitrogens with one attached hydrogen (secondary N) is 1. The molecule has 1 saturated carbocycles. The Morgan fingerprint density at radius 2 is 1.91 bits per heavy atom. The third-order valence-electron chi connectivity index (χ3n) is 2.67. The van der Waals surface area contributed by atoms with E-state index < -0.39 is 0 Å². The zero-order valence-electron chi connectivity index (χ0n) is 6.97. The Morgan fingerprint density at radius 1 is 1.27 bits per heavy atom. The number of amidine groups is 1. The molecule has 0 unspecified atom stereocenters. The Labute approximate surface area is 68.1 Å². The molecule has 1 aliphatic heterocycles. The third kappa shape index (κ3) is 1.73. The number of likely N-dealkylation sites (tertiary alicyclic amines) is 1. The molecule has 0 aromatic heterocycles. The molecule has 1 saturated heterocycles. The first kappa shape index (κ1) is 7.14. The van der Waals surface area contributed by atoms with Crippen LogP contribution in [-0.4, -0.2) is 23.8 Å². The first-order valence-electron chi connectivity index (χ1n) is 4.68. The van der Waals surface area contributed by atoms with E-state index in [1.54, 1.807) is 0 Å². The summed E-state index contributed by atoms with van der Waals surface area (Å²) in [5, 5.41) is 7.78. The zero-order valence-corrected chi connectivity index (χ0v) is 6.97. The third-order valence-corrected chi connectivity index (χ3v) is 2.67. The smallest absolute Gasteiger partial charge is 0.0960 e. The molecule has 11 heavy (non-hydrogen) atoms. The maximum atomic E-state index is 7.78. The Balaban J connectivity index is 1.77. The summed E-state index contributed by atoms with van der Waals surface area (Å²) >= 11 is 0. The average Bonchev–Trinajstić information content (AvgIpc) is 2.67. The maximum Gasteiger partial charge on any atom is 0.0960 e. The molecule has 1 heterocycles. The fourth-order valence-electron chi connectivity index (χ4n) is 1.71. The van der Waals surface area contributed by atoms with Gasteiger partial charge in [0.05, 0.1) is 5.84 Å². The summed E-state index contributed by atoms with van der Waals surface area (Å²) in [5.41, 5.74) is 0. The molecule has 2 nitrogen and oxygen atoms in total. The predicted octanol–water partition coefficient (Wildman–Crippen LogP) is 1.86. The molecule has 2 rings (SSSR count). The van der Waals surface area contributed by atoms with Crippen LogP contribution in [0.15, 0.2) is 0 Å². The highest BCUT2D eigenvalue weighted by molar-refractivity contribution is 5.79. The topological polar surface area (TPSA) is 27.1 Å². The van der Waals surface area contributed by atoms with Gasteiger partial charge in [0, 0.05) is 19.5 Å². The van der Waals surface area contributed by atoms with Gasteiger partial charge in [-0.1, -0.05) is 0 Å². The first-order valence-corrected chi connectivity index (χ1v) is 4.68. The van der Waals surface area contributed by atoms with E-state index in [1.807, 2.05) is 0 Å². The molecule has 2 aliphatic rings. The second-order valence-corrected chi connectivity index (χ2v) is 3.79. The minimum Gasteiger partial charge on any atom is -0.361 e.